The summed E-state index contributed by atoms with van der Waals surface area (Å²) in [6, 6.07) is 16.8. The van der Waals surface area contributed by atoms with Gasteiger partial charge in [0.1, 0.15) is 28.5 Å². The van der Waals surface area contributed by atoms with Crippen molar-refractivity contribution in [2.45, 2.75) is 84.6 Å². The molecule has 1 aromatic heterocycles. The molecule has 3 amide bonds. The smallest absolute Gasteiger partial charge is 0.407 e. The minimum atomic E-state index is -0.732. The molecule has 0 aliphatic rings. The highest BCUT2D eigenvalue weighted by Gasteiger charge is 2.24. The molecule has 3 aromatic carbocycles. The lowest BCUT2D eigenvalue weighted by atomic mass is 9.99. The summed E-state index contributed by atoms with van der Waals surface area (Å²) in [7, 11) is 0. The number of aromatic amines is 1. The molecule has 0 fully saturated rings. The summed E-state index contributed by atoms with van der Waals surface area (Å²) in [5.41, 5.74) is 2.37. The zero-order chi connectivity index (χ0) is 35.2. The topological polar surface area (TPSA) is 122 Å². The highest BCUT2D eigenvalue weighted by molar-refractivity contribution is 6.10. The van der Waals surface area contributed by atoms with Gasteiger partial charge in [-0.2, -0.15) is 0 Å². The van der Waals surface area contributed by atoms with E-state index in [1.54, 1.807) is 65.8 Å². The third kappa shape index (κ3) is 10.3. The fourth-order valence-corrected chi connectivity index (χ4v) is 5.14. The summed E-state index contributed by atoms with van der Waals surface area (Å²) in [5, 5.41) is 9.30. The van der Waals surface area contributed by atoms with Crippen LogP contribution in [0.1, 0.15) is 71.8 Å². The van der Waals surface area contributed by atoms with E-state index in [4.69, 9.17) is 9.47 Å². The molecular formula is C37H44F2N4O5. The molecule has 11 heteroatoms. The van der Waals surface area contributed by atoms with Gasteiger partial charge in [0, 0.05) is 35.1 Å². The maximum absolute atomic E-state index is 13.9. The number of H-pyrrole nitrogens is 1. The lowest BCUT2D eigenvalue weighted by Crippen LogP contribution is -2.46. The molecule has 0 aliphatic heterocycles. The maximum Gasteiger partial charge on any atom is 0.407 e. The first kappa shape index (κ1) is 35.9. The van der Waals surface area contributed by atoms with Crippen LogP contribution >= 0.6 is 0 Å². The Hall–Kier alpha value is -4.93. The number of halogens is 2. The van der Waals surface area contributed by atoms with Crippen LogP contribution in [-0.2, 0) is 9.47 Å². The third-order valence-electron chi connectivity index (χ3n) is 7.28. The second-order valence-electron chi connectivity index (χ2n) is 13.8. The maximum atomic E-state index is 13.9. The van der Waals surface area contributed by atoms with Crippen LogP contribution in [-0.4, -0.2) is 52.9 Å². The van der Waals surface area contributed by atoms with Crippen molar-refractivity contribution in [3.8, 4) is 22.3 Å². The van der Waals surface area contributed by atoms with Gasteiger partial charge in [-0.25, -0.2) is 18.4 Å². The van der Waals surface area contributed by atoms with Crippen molar-refractivity contribution in [2.24, 2.45) is 0 Å². The molecule has 4 N–H and O–H groups in total. The number of carbonyl (C=O) groups excluding carboxylic acids is 3. The van der Waals surface area contributed by atoms with Crippen LogP contribution in [0.25, 0.3) is 33.2 Å². The monoisotopic (exact) mass is 662 g/mol. The van der Waals surface area contributed by atoms with E-state index >= 15 is 0 Å². The molecule has 0 radical (unpaired) electrons. The van der Waals surface area contributed by atoms with Crippen LogP contribution in [0, 0.1) is 11.6 Å². The average Bonchev–Trinajstić information content (AvgIpc) is 3.36. The number of alkyl carbamates (subject to hydrolysis) is 2. The summed E-state index contributed by atoms with van der Waals surface area (Å²) in [4.78, 5) is 42.0. The molecule has 2 unspecified atom stereocenters. The standard InChI is InChI=1S/C37H44F2N4O5/c1-22(41-34(45)47-36(2,3)4)8-18-28(42-35(46)48-37(5,6)7)21-40-33(44)32-31(24-11-16-27(39)17-12-24)29-19-13-25(20-30(29)43-32)23-9-14-26(38)15-10-23/h9-17,19-20,22,28,43H,8,18,21H2,1-7H3,(H,40,44)(H,41,45)(H,42,46). The number of carbonyl (C=O) groups is 3. The van der Waals surface area contributed by atoms with Crippen molar-refractivity contribution in [1.82, 2.24) is 20.9 Å². The van der Waals surface area contributed by atoms with Crippen molar-refractivity contribution < 1.29 is 32.6 Å². The molecule has 4 rings (SSSR count). The number of fused-ring (bicyclic) bond motifs is 1. The Kier molecular flexibility index (Phi) is 11.1. The van der Waals surface area contributed by atoms with Crippen molar-refractivity contribution in [3.63, 3.8) is 0 Å². The molecule has 256 valence electrons. The minimum Gasteiger partial charge on any atom is -0.444 e. The Bertz CT molecular complexity index is 1740. The largest absolute Gasteiger partial charge is 0.444 e. The SMILES string of the molecule is CC(CCC(CNC(=O)c1[nH]c2cc(-c3ccc(F)cc3)ccc2c1-c1ccc(F)cc1)NC(=O)OC(C)(C)C)NC(=O)OC(C)(C)C. The third-order valence-corrected chi connectivity index (χ3v) is 7.28. The molecule has 0 aliphatic carbocycles. The Morgan fingerprint density at radius 2 is 1.25 bits per heavy atom. The highest BCUT2D eigenvalue weighted by atomic mass is 19.1. The zero-order valence-corrected chi connectivity index (χ0v) is 28.4. The quantitative estimate of drug-likeness (QED) is 0.137. The van der Waals surface area contributed by atoms with Gasteiger partial charge in [-0.15, -0.1) is 0 Å². The van der Waals surface area contributed by atoms with Crippen LogP contribution in [0.3, 0.4) is 0 Å². The second kappa shape index (κ2) is 14.9. The van der Waals surface area contributed by atoms with Gasteiger partial charge in [0.15, 0.2) is 0 Å². The summed E-state index contributed by atoms with van der Waals surface area (Å²) in [5.74, 6) is -1.19. The van der Waals surface area contributed by atoms with E-state index < -0.39 is 41.2 Å². The van der Waals surface area contributed by atoms with Crippen LogP contribution in [0.15, 0.2) is 66.7 Å². The Morgan fingerprint density at radius 3 is 1.81 bits per heavy atom. The molecule has 1 heterocycles. The lowest BCUT2D eigenvalue weighted by Gasteiger charge is -2.25. The van der Waals surface area contributed by atoms with E-state index in [2.05, 4.69) is 20.9 Å². The molecule has 4 aromatic rings. The Morgan fingerprint density at radius 1 is 0.729 bits per heavy atom. The van der Waals surface area contributed by atoms with Crippen LogP contribution in [0.5, 0.6) is 0 Å². The summed E-state index contributed by atoms with van der Waals surface area (Å²) < 4.78 is 38.2. The predicted octanol–water partition coefficient (Wildman–Crippen LogP) is 8.10. The molecular weight excluding hydrogens is 618 g/mol. The van der Waals surface area contributed by atoms with Crippen molar-refractivity contribution in [2.75, 3.05) is 6.54 Å². The predicted molar refractivity (Wildman–Crippen MR) is 183 cm³/mol. The number of aromatic nitrogens is 1. The van der Waals surface area contributed by atoms with E-state index in [1.807, 2.05) is 25.1 Å². The molecule has 0 saturated heterocycles. The van der Waals surface area contributed by atoms with Crippen molar-refractivity contribution in [3.05, 3.63) is 84.1 Å². The first-order valence-electron chi connectivity index (χ1n) is 15.9. The fraction of sp³-hybridized carbons (Fsp3) is 0.378. The summed E-state index contributed by atoms with van der Waals surface area (Å²) in [6.45, 7) is 12.5. The molecule has 48 heavy (non-hydrogen) atoms. The number of hydrogen-bond donors (Lipinski definition) is 4. The average molecular weight is 663 g/mol. The first-order chi connectivity index (χ1) is 22.5. The molecule has 0 spiro atoms. The van der Waals surface area contributed by atoms with Crippen molar-refractivity contribution >= 4 is 29.0 Å². The van der Waals surface area contributed by atoms with E-state index in [1.165, 1.54) is 24.3 Å². The number of benzene rings is 3. The number of amides is 3. The summed E-state index contributed by atoms with van der Waals surface area (Å²) >= 11 is 0. The second-order valence-corrected chi connectivity index (χ2v) is 13.8. The van der Waals surface area contributed by atoms with Gasteiger partial charge >= 0.3 is 12.2 Å². The first-order valence-corrected chi connectivity index (χ1v) is 15.9. The van der Waals surface area contributed by atoms with E-state index in [0.29, 0.717) is 29.5 Å². The normalized spacial score (nSPS) is 13.0. The number of hydrogen-bond acceptors (Lipinski definition) is 5. The molecule has 9 nitrogen and oxygen atoms in total. The van der Waals surface area contributed by atoms with Gasteiger partial charge in [-0.3, -0.25) is 4.79 Å². The number of ether oxygens (including phenoxy) is 2. The zero-order valence-electron chi connectivity index (χ0n) is 28.4. The van der Waals surface area contributed by atoms with Gasteiger partial charge in [0.2, 0.25) is 0 Å². The van der Waals surface area contributed by atoms with Gasteiger partial charge in [-0.05, 0) is 108 Å². The Balaban J connectivity index is 1.58. The number of rotatable bonds is 10. The molecule has 0 bridgehead atoms. The molecule has 2 atom stereocenters. The molecule has 0 saturated carbocycles. The van der Waals surface area contributed by atoms with E-state index in [0.717, 1.165) is 16.5 Å². The van der Waals surface area contributed by atoms with Crippen molar-refractivity contribution in [1.29, 1.82) is 0 Å². The van der Waals surface area contributed by atoms with Crippen LogP contribution in [0.2, 0.25) is 0 Å². The van der Waals surface area contributed by atoms with Gasteiger partial charge in [0.05, 0.1) is 0 Å². The minimum absolute atomic E-state index is 0.0519. The Labute approximate surface area is 279 Å². The lowest BCUT2D eigenvalue weighted by molar-refractivity contribution is 0.0476. The van der Waals surface area contributed by atoms with E-state index in [9.17, 15) is 23.2 Å². The van der Waals surface area contributed by atoms with Crippen LogP contribution in [0.4, 0.5) is 18.4 Å². The van der Waals surface area contributed by atoms with Gasteiger partial charge in [0.25, 0.3) is 5.91 Å². The number of nitrogens with one attached hydrogen (secondary N) is 4. The van der Waals surface area contributed by atoms with Gasteiger partial charge < -0.3 is 30.4 Å². The van der Waals surface area contributed by atoms with Crippen LogP contribution < -0.4 is 16.0 Å². The van der Waals surface area contributed by atoms with Gasteiger partial charge in [-0.1, -0.05) is 36.4 Å². The highest BCUT2D eigenvalue weighted by Crippen LogP contribution is 2.35. The van der Waals surface area contributed by atoms with E-state index in [-0.39, 0.29) is 24.1 Å². The fourth-order valence-electron chi connectivity index (χ4n) is 5.14. The summed E-state index contributed by atoms with van der Waals surface area (Å²) in [6.07, 6.45) is -0.320.